The summed E-state index contributed by atoms with van der Waals surface area (Å²) >= 11 is 0. The summed E-state index contributed by atoms with van der Waals surface area (Å²) in [6.45, 7) is 6.98. The van der Waals surface area contributed by atoms with Crippen LogP contribution in [-0.4, -0.2) is 20.8 Å². The van der Waals surface area contributed by atoms with E-state index in [4.69, 9.17) is 4.74 Å². The quantitative estimate of drug-likeness (QED) is 0.542. The van der Waals surface area contributed by atoms with Gasteiger partial charge in [-0.1, -0.05) is 45.0 Å². The molecule has 1 fully saturated rings. The van der Waals surface area contributed by atoms with Gasteiger partial charge in [-0.25, -0.2) is 17.5 Å². The molecule has 1 N–H and O–H groups in total. The van der Waals surface area contributed by atoms with Crippen LogP contribution in [0.25, 0.3) is 0 Å². The number of halogens is 1. The number of benzene rings is 2. The lowest BCUT2D eigenvalue weighted by molar-refractivity contribution is 0.299. The molecule has 0 spiro atoms. The molecule has 0 amide bonds. The van der Waals surface area contributed by atoms with E-state index in [0.717, 1.165) is 17.7 Å². The Balaban J connectivity index is 1.80. The van der Waals surface area contributed by atoms with Crippen molar-refractivity contribution in [3.63, 3.8) is 0 Å². The molecule has 1 aliphatic carbocycles. The Labute approximate surface area is 179 Å². The van der Waals surface area contributed by atoms with Gasteiger partial charge in [-0.15, -0.1) is 0 Å². The number of ether oxygens (including phenoxy) is 1. The van der Waals surface area contributed by atoms with Gasteiger partial charge in [-0.3, -0.25) is 0 Å². The molecule has 0 bridgehead atoms. The maximum Gasteiger partial charge on any atom is 0.212 e. The van der Waals surface area contributed by atoms with Crippen LogP contribution in [0.2, 0.25) is 0 Å². The zero-order chi connectivity index (χ0) is 21.8. The van der Waals surface area contributed by atoms with Crippen LogP contribution in [0.4, 0.5) is 4.39 Å². The summed E-state index contributed by atoms with van der Waals surface area (Å²) in [6, 6.07) is 12.8. The molecule has 2 aromatic rings. The third-order valence-electron chi connectivity index (χ3n) is 5.21. The summed E-state index contributed by atoms with van der Waals surface area (Å²) < 4.78 is 47.8. The fraction of sp³-hybridized carbons (Fsp3) is 0.500. The molecule has 1 unspecified atom stereocenters. The van der Waals surface area contributed by atoms with Gasteiger partial charge in [-0.2, -0.15) is 0 Å². The Hall–Kier alpha value is -1.92. The van der Waals surface area contributed by atoms with Crippen LogP contribution in [0.5, 0.6) is 5.75 Å². The van der Waals surface area contributed by atoms with Gasteiger partial charge in [0.05, 0.1) is 18.4 Å². The van der Waals surface area contributed by atoms with Crippen LogP contribution in [0, 0.1) is 17.2 Å². The van der Waals surface area contributed by atoms with E-state index in [0.29, 0.717) is 24.5 Å². The average molecular weight is 434 g/mol. The first-order valence-electron chi connectivity index (χ1n) is 10.6. The lowest BCUT2D eigenvalue weighted by atomic mass is 9.91. The smallest absolute Gasteiger partial charge is 0.212 e. The van der Waals surface area contributed by atoms with E-state index in [-0.39, 0.29) is 17.0 Å². The summed E-state index contributed by atoms with van der Waals surface area (Å²) in [5.41, 5.74) is 1.54. The van der Waals surface area contributed by atoms with E-state index >= 15 is 0 Å². The maximum atomic E-state index is 13.5. The van der Waals surface area contributed by atoms with Crippen molar-refractivity contribution in [1.29, 1.82) is 0 Å². The molecule has 4 nitrogen and oxygen atoms in total. The van der Waals surface area contributed by atoms with Crippen LogP contribution >= 0.6 is 0 Å². The van der Waals surface area contributed by atoms with E-state index < -0.39 is 16.1 Å². The van der Waals surface area contributed by atoms with E-state index in [9.17, 15) is 12.8 Å². The zero-order valence-electron chi connectivity index (χ0n) is 18.0. The van der Waals surface area contributed by atoms with Crippen LogP contribution < -0.4 is 9.46 Å². The maximum absolute atomic E-state index is 13.5. The fourth-order valence-electron chi connectivity index (χ4n) is 3.30. The van der Waals surface area contributed by atoms with Crippen molar-refractivity contribution < 1.29 is 17.5 Å². The fourth-order valence-corrected chi connectivity index (χ4v) is 4.57. The normalized spacial score (nSPS) is 15.7. The van der Waals surface area contributed by atoms with Gasteiger partial charge in [0.25, 0.3) is 0 Å². The molecule has 1 saturated carbocycles. The van der Waals surface area contributed by atoms with E-state index in [2.05, 4.69) is 25.5 Å². The first-order valence-corrected chi connectivity index (χ1v) is 12.2. The van der Waals surface area contributed by atoms with Gasteiger partial charge in [0.2, 0.25) is 10.0 Å². The highest BCUT2D eigenvalue weighted by atomic mass is 32.2. The monoisotopic (exact) mass is 433 g/mol. The molecule has 30 heavy (non-hydrogen) atoms. The molecule has 1 aliphatic rings. The van der Waals surface area contributed by atoms with Crippen LogP contribution in [0.15, 0.2) is 48.5 Å². The lowest BCUT2D eigenvalue weighted by Crippen LogP contribution is -2.31. The molecule has 1 atom stereocenters. The summed E-state index contributed by atoms with van der Waals surface area (Å²) in [6.07, 6.45) is 3.80. The minimum Gasteiger partial charge on any atom is -0.493 e. The molecule has 0 aliphatic heterocycles. The molecular formula is C24H32FNO3S. The van der Waals surface area contributed by atoms with Gasteiger partial charge in [0, 0.05) is 0 Å². The van der Waals surface area contributed by atoms with Gasteiger partial charge in [0.1, 0.15) is 11.6 Å². The largest absolute Gasteiger partial charge is 0.493 e. The number of nitrogens with one attached hydrogen (secondary N) is 1. The van der Waals surface area contributed by atoms with E-state index in [1.165, 1.54) is 25.0 Å². The first kappa shape index (κ1) is 22.8. The highest BCUT2D eigenvalue weighted by Crippen LogP contribution is 2.31. The molecular weight excluding hydrogens is 401 g/mol. The summed E-state index contributed by atoms with van der Waals surface area (Å²) in [7, 11) is -3.52. The van der Waals surface area contributed by atoms with Crippen molar-refractivity contribution in [2.75, 3.05) is 12.4 Å². The molecule has 0 radical (unpaired) electrons. The Kier molecular flexibility index (Phi) is 7.19. The third-order valence-corrected chi connectivity index (χ3v) is 6.64. The highest BCUT2D eigenvalue weighted by Gasteiger charge is 2.24. The molecule has 0 heterocycles. The minimum absolute atomic E-state index is 0.0554. The van der Waals surface area contributed by atoms with Crippen LogP contribution in [0.3, 0.4) is 0 Å². The summed E-state index contributed by atoms with van der Waals surface area (Å²) in [5, 5.41) is 0. The Bertz CT molecular complexity index is 932. The van der Waals surface area contributed by atoms with E-state index in [1.54, 1.807) is 12.1 Å². The molecule has 2 aromatic carbocycles. The lowest BCUT2D eigenvalue weighted by Gasteiger charge is -2.22. The van der Waals surface area contributed by atoms with Crippen LogP contribution in [-0.2, 0) is 10.0 Å². The number of hydrogen-bond acceptors (Lipinski definition) is 3. The second-order valence-corrected chi connectivity index (χ2v) is 11.3. The van der Waals surface area contributed by atoms with Crippen molar-refractivity contribution in [2.24, 2.45) is 11.3 Å². The van der Waals surface area contributed by atoms with E-state index in [1.807, 2.05) is 24.3 Å². The SMILES string of the molecule is CC(C)(C)CCCS(=O)(=O)NC(c1ccc(F)cc1)c1cccc(OCC2CC2)c1. The summed E-state index contributed by atoms with van der Waals surface area (Å²) in [4.78, 5) is 0. The van der Waals surface area contributed by atoms with Crippen molar-refractivity contribution in [2.45, 2.75) is 52.5 Å². The molecule has 0 aromatic heterocycles. The van der Waals surface area contributed by atoms with Gasteiger partial charge in [-0.05, 0) is 72.4 Å². The number of rotatable bonds is 10. The highest BCUT2D eigenvalue weighted by molar-refractivity contribution is 7.89. The molecule has 6 heteroatoms. The van der Waals surface area contributed by atoms with Crippen molar-refractivity contribution in [3.8, 4) is 5.75 Å². The Morgan fingerprint density at radius 2 is 1.80 bits per heavy atom. The Morgan fingerprint density at radius 1 is 1.10 bits per heavy atom. The first-order chi connectivity index (χ1) is 14.1. The molecule has 164 valence electrons. The van der Waals surface area contributed by atoms with Gasteiger partial charge >= 0.3 is 0 Å². The predicted molar refractivity (Wildman–Crippen MR) is 119 cm³/mol. The zero-order valence-corrected chi connectivity index (χ0v) is 18.8. The second kappa shape index (κ2) is 9.48. The van der Waals surface area contributed by atoms with Crippen molar-refractivity contribution >= 4 is 10.0 Å². The standard InChI is InChI=1S/C24H32FNO3S/c1-24(2,3)14-5-15-30(27,28)26-23(19-10-12-21(25)13-11-19)20-6-4-7-22(16-20)29-17-18-8-9-18/h4,6-7,10-13,16,18,23,26H,5,8-9,14-15,17H2,1-3H3. The van der Waals surface area contributed by atoms with Gasteiger partial charge < -0.3 is 4.74 Å². The molecule has 0 saturated heterocycles. The van der Waals surface area contributed by atoms with Crippen molar-refractivity contribution in [3.05, 3.63) is 65.5 Å². The predicted octanol–water partition coefficient (Wildman–Crippen LogP) is 5.45. The van der Waals surface area contributed by atoms with Crippen LogP contribution in [0.1, 0.15) is 63.6 Å². The minimum atomic E-state index is -3.52. The number of hydrogen-bond donors (Lipinski definition) is 1. The Morgan fingerprint density at radius 3 is 2.43 bits per heavy atom. The average Bonchev–Trinajstić information content (AvgIpc) is 3.49. The second-order valence-electron chi connectivity index (χ2n) is 9.41. The third kappa shape index (κ3) is 7.40. The number of sulfonamides is 1. The van der Waals surface area contributed by atoms with Gasteiger partial charge in [0.15, 0.2) is 0 Å². The topological polar surface area (TPSA) is 55.4 Å². The molecule has 3 rings (SSSR count). The van der Waals surface area contributed by atoms with Crippen molar-refractivity contribution in [1.82, 2.24) is 4.72 Å². The summed E-state index contributed by atoms with van der Waals surface area (Å²) in [5.74, 6) is 1.05.